The van der Waals surface area contributed by atoms with Gasteiger partial charge in [0.15, 0.2) is 0 Å². The minimum atomic E-state index is -0.676. The molecular weight excluding hydrogens is 400 g/mol. The number of nitriles is 2. The number of benzene rings is 2. The average molecular weight is 431 g/mol. The third-order valence-electron chi connectivity index (χ3n) is 6.34. The molecule has 166 valence electrons. The van der Waals surface area contributed by atoms with Crippen molar-refractivity contribution in [2.75, 3.05) is 11.5 Å². The lowest BCUT2D eigenvalue weighted by molar-refractivity contribution is 0.0734. The molecule has 3 rings (SSSR count). The number of carbonyl (C=O) groups is 1. The zero-order chi connectivity index (χ0) is 23.1. The Bertz CT molecular complexity index is 1040. The highest BCUT2D eigenvalue weighted by Crippen LogP contribution is 2.40. The van der Waals surface area contributed by atoms with E-state index in [2.05, 4.69) is 19.1 Å². The van der Waals surface area contributed by atoms with Gasteiger partial charge in [0.2, 0.25) is 0 Å². The van der Waals surface area contributed by atoms with Crippen molar-refractivity contribution in [3.8, 4) is 17.9 Å². The Morgan fingerprint density at radius 1 is 1.00 bits per heavy atom. The second-order valence-corrected chi connectivity index (χ2v) is 8.62. The Balaban J connectivity index is 1.78. The maximum atomic E-state index is 12.6. The zero-order valence-electron chi connectivity index (χ0n) is 18.6. The summed E-state index contributed by atoms with van der Waals surface area (Å²) in [6, 6.07) is 12.2. The van der Waals surface area contributed by atoms with Gasteiger partial charge in [-0.25, -0.2) is 4.79 Å². The molecule has 2 aromatic carbocycles. The number of ether oxygens (including phenoxy) is 1. The molecule has 0 aliphatic heterocycles. The molecule has 0 amide bonds. The van der Waals surface area contributed by atoms with E-state index in [0.29, 0.717) is 16.9 Å². The molecule has 0 spiro atoms. The topological polar surface area (TPSA) is 126 Å². The van der Waals surface area contributed by atoms with Gasteiger partial charge < -0.3 is 16.2 Å². The first-order valence-corrected chi connectivity index (χ1v) is 11.3. The summed E-state index contributed by atoms with van der Waals surface area (Å²) in [6.45, 7) is 2.22. The molecule has 1 saturated carbocycles. The van der Waals surface area contributed by atoms with E-state index in [1.165, 1.54) is 37.8 Å². The maximum Gasteiger partial charge on any atom is 0.343 e. The van der Waals surface area contributed by atoms with Crippen molar-refractivity contribution in [2.24, 2.45) is 5.92 Å². The lowest BCUT2D eigenvalue weighted by Gasteiger charge is -2.29. The quantitative estimate of drug-likeness (QED) is 0.252. The Morgan fingerprint density at radius 2 is 1.66 bits per heavy atom. The Hall–Kier alpha value is -3.51. The molecule has 0 aromatic heterocycles. The molecule has 0 atom stereocenters. The molecule has 0 saturated heterocycles. The molecule has 0 bridgehead atoms. The summed E-state index contributed by atoms with van der Waals surface area (Å²) >= 11 is 0. The van der Waals surface area contributed by atoms with Crippen molar-refractivity contribution >= 4 is 17.3 Å². The van der Waals surface area contributed by atoms with Crippen LogP contribution >= 0.6 is 0 Å². The summed E-state index contributed by atoms with van der Waals surface area (Å²) in [5, 5.41) is 19.6. The van der Waals surface area contributed by atoms with E-state index < -0.39 is 5.97 Å². The molecule has 1 aliphatic rings. The van der Waals surface area contributed by atoms with Crippen LogP contribution in [0, 0.1) is 28.6 Å². The molecule has 2 aromatic rings. The molecule has 32 heavy (non-hydrogen) atoms. The van der Waals surface area contributed by atoms with Crippen LogP contribution in [0.3, 0.4) is 0 Å². The van der Waals surface area contributed by atoms with Crippen molar-refractivity contribution in [3.05, 3.63) is 52.6 Å². The van der Waals surface area contributed by atoms with Gasteiger partial charge in [-0.2, -0.15) is 10.5 Å². The van der Waals surface area contributed by atoms with Crippen LogP contribution < -0.4 is 16.2 Å². The number of nitrogen functional groups attached to an aromatic ring is 2. The normalized spacial score (nSPS) is 17.8. The summed E-state index contributed by atoms with van der Waals surface area (Å²) in [5.74, 6) is 0.402. The SMILES string of the molecule is CCCCCC1CCC(c2ccc(OC(=O)c3cc(N)cc(N)c3)c(C#N)c2C#N)CC1. The number of anilines is 2. The van der Waals surface area contributed by atoms with E-state index in [1.807, 2.05) is 6.07 Å². The number of nitrogens with zero attached hydrogens (tertiary/aromatic N) is 2. The van der Waals surface area contributed by atoms with Crippen LogP contribution in [0.4, 0.5) is 11.4 Å². The van der Waals surface area contributed by atoms with Gasteiger partial charge in [0.05, 0.1) is 11.1 Å². The summed E-state index contributed by atoms with van der Waals surface area (Å²) < 4.78 is 5.47. The first-order chi connectivity index (χ1) is 15.5. The van der Waals surface area contributed by atoms with E-state index >= 15 is 0 Å². The molecular formula is C26H30N4O2. The van der Waals surface area contributed by atoms with Gasteiger partial charge in [0.25, 0.3) is 0 Å². The number of nitrogens with two attached hydrogens (primary N) is 2. The van der Waals surface area contributed by atoms with Crippen LogP contribution in [0.15, 0.2) is 30.3 Å². The highest BCUT2D eigenvalue weighted by molar-refractivity contribution is 5.93. The van der Waals surface area contributed by atoms with Gasteiger partial charge in [-0.05, 0) is 67.3 Å². The van der Waals surface area contributed by atoms with Gasteiger partial charge in [0.1, 0.15) is 23.5 Å². The maximum absolute atomic E-state index is 12.6. The zero-order valence-corrected chi connectivity index (χ0v) is 18.6. The third-order valence-corrected chi connectivity index (χ3v) is 6.34. The number of hydrogen-bond donors (Lipinski definition) is 2. The summed E-state index contributed by atoms with van der Waals surface area (Å²) in [6.07, 6.45) is 9.40. The van der Waals surface area contributed by atoms with Gasteiger partial charge in [-0.15, -0.1) is 0 Å². The number of esters is 1. The Morgan fingerprint density at radius 3 is 2.25 bits per heavy atom. The van der Waals surface area contributed by atoms with Crippen LogP contribution in [-0.2, 0) is 0 Å². The first-order valence-electron chi connectivity index (χ1n) is 11.3. The van der Waals surface area contributed by atoms with Gasteiger partial charge in [-0.3, -0.25) is 0 Å². The number of hydrogen-bond acceptors (Lipinski definition) is 6. The Kier molecular flexibility index (Phi) is 7.73. The van der Waals surface area contributed by atoms with Crippen LogP contribution in [0.2, 0.25) is 0 Å². The average Bonchev–Trinajstić information content (AvgIpc) is 2.78. The minimum absolute atomic E-state index is 0.0760. The lowest BCUT2D eigenvalue weighted by Crippen LogP contribution is -2.15. The predicted octanol–water partition coefficient (Wildman–Crippen LogP) is 5.67. The largest absolute Gasteiger partial charge is 0.421 e. The third kappa shape index (κ3) is 5.39. The molecule has 6 heteroatoms. The summed E-state index contributed by atoms with van der Waals surface area (Å²) in [5.41, 5.74) is 13.7. The highest BCUT2D eigenvalue weighted by Gasteiger charge is 2.27. The first kappa shape index (κ1) is 23.2. The molecule has 6 nitrogen and oxygen atoms in total. The Labute approximate surface area is 189 Å². The molecule has 0 unspecified atom stereocenters. The van der Waals surface area contributed by atoms with Gasteiger partial charge in [0, 0.05) is 11.4 Å². The van der Waals surface area contributed by atoms with Crippen molar-refractivity contribution < 1.29 is 9.53 Å². The fourth-order valence-corrected chi connectivity index (χ4v) is 4.65. The van der Waals surface area contributed by atoms with Gasteiger partial charge in [-0.1, -0.05) is 38.7 Å². The van der Waals surface area contributed by atoms with Crippen LogP contribution in [0.1, 0.15) is 91.3 Å². The summed E-state index contributed by atoms with van der Waals surface area (Å²) in [7, 11) is 0. The summed E-state index contributed by atoms with van der Waals surface area (Å²) in [4.78, 5) is 12.6. The molecule has 4 N–H and O–H groups in total. The molecule has 1 fully saturated rings. The van der Waals surface area contributed by atoms with Crippen molar-refractivity contribution in [3.63, 3.8) is 0 Å². The van der Waals surface area contributed by atoms with Crippen LogP contribution in [0.25, 0.3) is 0 Å². The van der Waals surface area contributed by atoms with E-state index in [4.69, 9.17) is 16.2 Å². The monoisotopic (exact) mass is 430 g/mol. The number of unbranched alkanes of at least 4 members (excludes halogenated alkanes) is 2. The lowest BCUT2D eigenvalue weighted by atomic mass is 9.75. The van der Waals surface area contributed by atoms with Crippen molar-refractivity contribution in [1.82, 2.24) is 0 Å². The predicted molar refractivity (Wildman–Crippen MR) is 125 cm³/mol. The standard InChI is InChI=1S/C26H30N4O2/c1-2-3-4-5-17-6-8-18(9-7-17)22-10-11-25(24(16-28)23(22)15-27)32-26(31)19-12-20(29)14-21(30)13-19/h10-14,17-18H,2-9,29-30H2,1H3. The smallest absolute Gasteiger partial charge is 0.343 e. The second-order valence-electron chi connectivity index (χ2n) is 8.62. The second kappa shape index (κ2) is 10.7. The fraction of sp³-hybridized carbons (Fsp3) is 0.423. The molecule has 1 aliphatic carbocycles. The molecule has 0 heterocycles. The van der Waals surface area contributed by atoms with E-state index in [1.54, 1.807) is 12.1 Å². The van der Waals surface area contributed by atoms with E-state index in [9.17, 15) is 15.3 Å². The minimum Gasteiger partial charge on any atom is -0.421 e. The van der Waals surface area contributed by atoms with Crippen molar-refractivity contribution in [2.45, 2.75) is 64.2 Å². The number of rotatable bonds is 7. The van der Waals surface area contributed by atoms with E-state index in [-0.39, 0.29) is 22.8 Å². The molecule has 0 radical (unpaired) electrons. The van der Waals surface area contributed by atoms with E-state index in [0.717, 1.165) is 37.2 Å². The van der Waals surface area contributed by atoms with Crippen molar-refractivity contribution in [1.29, 1.82) is 10.5 Å². The van der Waals surface area contributed by atoms with Crippen LogP contribution in [0.5, 0.6) is 5.75 Å². The van der Waals surface area contributed by atoms with Crippen LogP contribution in [-0.4, -0.2) is 5.97 Å². The van der Waals surface area contributed by atoms with Gasteiger partial charge >= 0.3 is 5.97 Å². The highest BCUT2D eigenvalue weighted by atomic mass is 16.5. The number of carbonyl (C=O) groups excluding carboxylic acids is 1. The fourth-order valence-electron chi connectivity index (χ4n) is 4.65.